The van der Waals surface area contributed by atoms with Gasteiger partial charge in [-0.15, -0.1) is 0 Å². The van der Waals surface area contributed by atoms with Crippen molar-refractivity contribution in [2.75, 3.05) is 0 Å². The van der Waals surface area contributed by atoms with Crippen molar-refractivity contribution in [3.05, 3.63) is 35.1 Å². The summed E-state index contributed by atoms with van der Waals surface area (Å²) in [5.74, 6) is -3.07. The molecule has 0 unspecified atom stereocenters. The van der Waals surface area contributed by atoms with Gasteiger partial charge in [0.2, 0.25) is 11.8 Å². The highest BCUT2D eigenvalue weighted by atomic mass is 19.2. The number of nitrogens with two attached hydrogens (primary N) is 1. The van der Waals surface area contributed by atoms with Crippen molar-refractivity contribution < 1.29 is 22.8 Å². The van der Waals surface area contributed by atoms with E-state index >= 15 is 0 Å². The molecule has 0 radical (unpaired) electrons. The van der Waals surface area contributed by atoms with Crippen molar-refractivity contribution in [2.45, 2.75) is 76.0 Å². The number of rotatable bonds is 6. The normalized spacial score (nSPS) is 27.6. The number of nitrogens with zero attached hydrogens (tertiary/aromatic N) is 1. The Bertz CT molecular complexity index is 831. The third-order valence-corrected chi connectivity index (χ3v) is 6.85. The first-order chi connectivity index (χ1) is 14.2. The molecule has 1 aromatic rings. The highest BCUT2D eigenvalue weighted by Crippen LogP contribution is 2.40. The van der Waals surface area contributed by atoms with Gasteiger partial charge in [-0.05, 0) is 69.4 Å². The zero-order chi connectivity index (χ0) is 21.6. The average Bonchev–Trinajstić information content (AvgIpc) is 3.51. The molecule has 0 aromatic heterocycles. The number of fused-ring (bicyclic) bond motifs is 2. The van der Waals surface area contributed by atoms with Crippen LogP contribution in [-0.4, -0.2) is 40.9 Å². The molecule has 4 rings (SSSR count). The molecule has 5 nitrogen and oxygen atoms in total. The molecular weight excluding hydrogens is 395 g/mol. The molecule has 0 spiro atoms. The molecule has 8 heteroatoms. The lowest BCUT2D eigenvalue weighted by atomic mass is 9.82. The van der Waals surface area contributed by atoms with Gasteiger partial charge in [-0.3, -0.25) is 9.59 Å². The SMILES string of the molecule is C[C@@H](NC(=O)C1CC1)C(=O)N1[C@@H]2CC[C@H]1C[C@H]([C@H](N)Cc1cc(F)c(F)cc1F)C2. The van der Waals surface area contributed by atoms with Gasteiger partial charge in [0.15, 0.2) is 11.6 Å². The monoisotopic (exact) mass is 423 g/mol. The molecule has 2 amide bonds. The third kappa shape index (κ3) is 4.19. The van der Waals surface area contributed by atoms with Gasteiger partial charge in [-0.25, -0.2) is 13.2 Å². The third-order valence-electron chi connectivity index (χ3n) is 6.85. The highest BCUT2D eigenvalue weighted by Gasteiger charge is 2.46. The number of halogens is 3. The van der Waals surface area contributed by atoms with E-state index in [2.05, 4.69) is 5.32 Å². The molecular formula is C22H28F3N3O2. The fraction of sp³-hybridized carbons (Fsp3) is 0.636. The summed E-state index contributed by atoms with van der Waals surface area (Å²) in [5, 5.41) is 2.83. The summed E-state index contributed by atoms with van der Waals surface area (Å²) in [6.45, 7) is 1.73. The van der Waals surface area contributed by atoms with Crippen LogP contribution in [0.1, 0.15) is 51.0 Å². The van der Waals surface area contributed by atoms with E-state index in [1.165, 1.54) is 0 Å². The molecule has 2 heterocycles. The van der Waals surface area contributed by atoms with Gasteiger partial charge in [0, 0.05) is 30.1 Å². The Balaban J connectivity index is 1.38. The predicted octanol–water partition coefficient (Wildman–Crippen LogP) is 2.66. The van der Waals surface area contributed by atoms with E-state index in [-0.39, 0.29) is 47.7 Å². The summed E-state index contributed by atoms with van der Waals surface area (Å²) in [6.07, 6.45) is 5.04. The molecule has 1 aliphatic carbocycles. The van der Waals surface area contributed by atoms with Crippen LogP contribution < -0.4 is 11.1 Å². The topological polar surface area (TPSA) is 75.4 Å². The first kappa shape index (κ1) is 21.2. The molecule has 3 aliphatic rings. The number of carbonyl (C=O) groups excluding carboxylic acids is 2. The molecule has 30 heavy (non-hydrogen) atoms. The molecule has 2 saturated heterocycles. The second-order valence-electron chi connectivity index (χ2n) is 9.09. The zero-order valence-corrected chi connectivity index (χ0v) is 17.0. The summed E-state index contributed by atoms with van der Waals surface area (Å²) in [6, 6.07) is 0.561. The van der Waals surface area contributed by atoms with Crippen molar-refractivity contribution in [1.82, 2.24) is 10.2 Å². The maximum Gasteiger partial charge on any atom is 0.245 e. The first-order valence-corrected chi connectivity index (χ1v) is 10.8. The Hall–Kier alpha value is -2.09. The number of nitrogens with one attached hydrogen (secondary N) is 1. The second-order valence-corrected chi connectivity index (χ2v) is 9.09. The van der Waals surface area contributed by atoms with Crippen molar-refractivity contribution in [1.29, 1.82) is 0 Å². The molecule has 1 saturated carbocycles. The van der Waals surface area contributed by atoms with Crippen molar-refractivity contribution >= 4 is 11.8 Å². The van der Waals surface area contributed by atoms with E-state index in [1.807, 2.05) is 4.90 Å². The summed E-state index contributed by atoms with van der Waals surface area (Å²) in [5.41, 5.74) is 6.41. The Kier molecular flexibility index (Phi) is 5.79. The summed E-state index contributed by atoms with van der Waals surface area (Å²) in [4.78, 5) is 26.9. The first-order valence-electron chi connectivity index (χ1n) is 10.8. The van der Waals surface area contributed by atoms with Gasteiger partial charge in [0.1, 0.15) is 11.9 Å². The number of hydrogen-bond acceptors (Lipinski definition) is 3. The van der Waals surface area contributed by atoms with Crippen molar-refractivity contribution in [2.24, 2.45) is 17.6 Å². The summed E-state index contributed by atoms with van der Waals surface area (Å²) in [7, 11) is 0. The fourth-order valence-electron chi connectivity index (χ4n) is 5.03. The minimum atomic E-state index is -1.21. The number of piperidine rings is 1. The Morgan fingerprint density at radius 3 is 2.27 bits per heavy atom. The summed E-state index contributed by atoms with van der Waals surface area (Å²) >= 11 is 0. The Morgan fingerprint density at radius 2 is 1.67 bits per heavy atom. The van der Waals surface area contributed by atoms with Gasteiger partial charge in [-0.2, -0.15) is 0 Å². The minimum Gasteiger partial charge on any atom is -0.344 e. The van der Waals surface area contributed by atoms with E-state index < -0.39 is 29.5 Å². The summed E-state index contributed by atoms with van der Waals surface area (Å²) < 4.78 is 40.6. The fourth-order valence-corrected chi connectivity index (χ4v) is 5.03. The Labute approximate surface area is 174 Å². The van der Waals surface area contributed by atoms with Crippen LogP contribution in [0.5, 0.6) is 0 Å². The number of hydrogen-bond donors (Lipinski definition) is 2. The average molecular weight is 423 g/mol. The lowest BCUT2D eigenvalue weighted by molar-refractivity contribution is -0.140. The van der Waals surface area contributed by atoms with Crippen LogP contribution in [0, 0.1) is 29.3 Å². The van der Waals surface area contributed by atoms with E-state index in [4.69, 9.17) is 5.73 Å². The second kappa shape index (κ2) is 8.21. The van der Waals surface area contributed by atoms with Crippen molar-refractivity contribution in [3.8, 4) is 0 Å². The predicted molar refractivity (Wildman–Crippen MR) is 105 cm³/mol. The van der Waals surface area contributed by atoms with Gasteiger partial charge in [0.25, 0.3) is 0 Å². The maximum absolute atomic E-state index is 14.0. The van der Waals surface area contributed by atoms with Gasteiger partial charge >= 0.3 is 0 Å². The van der Waals surface area contributed by atoms with Crippen LogP contribution in [0.4, 0.5) is 13.2 Å². The minimum absolute atomic E-state index is 0.0439. The van der Waals surface area contributed by atoms with Gasteiger partial charge in [0.05, 0.1) is 0 Å². The molecule has 2 aliphatic heterocycles. The Morgan fingerprint density at radius 1 is 1.07 bits per heavy atom. The van der Waals surface area contributed by atoms with E-state index in [1.54, 1.807) is 6.92 Å². The highest BCUT2D eigenvalue weighted by molar-refractivity contribution is 5.89. The number of benzene rings is 1. The van der Waals surface area contributed by atoms with E-state index in [0.717, 1.165) is 31.7 Å². The van der Waals surface area contributed by atoms with E-state index in [9.17, 15) is 22.8 Å². The maximum atomic E-state index is 14.0. The zero-order valence-electron chi connectivity index (χ0n) is 17.0. The van der Waals surface area contributed by atoms with Gasteiger partial charge in [-0.1, -0.05) is 0 Å². The van der Waals surface area contributed by atoms with Crippen LogP contribution in [-0.2, 0) is 16.0 Å². The molecule has 2 bridgehead atoms. The standard InChI is InChI=1S/C22H28F3N3O2/c1-11(27-21(29)12-2-3-12)22(30)28-15-4-5-16(28)7-14(6-15)20(26)9-13-8-18(24)19(25)10-17(13)23/h8,10-12,14-16,20H,2-7,9,26H2,1H3,(H,27,29)/t11-,14-,15-,16+,20-/m1/s1. The molecule has 1 aromatic carbocycles. The number of amides is 2. The molecule has 3 fully saturated rings. The lowest BCUT2D eigenvalue weighted by Gasteiger charge is -2.42. The largest absolute Gasteiger partial charge is 0.344 e. The smallest absolute Gasteiger partial charge is 0.245 e. The van der Waals surface area contributed by atoms with Crippen LogP contribution in [0.25, 0.3) is 0 Å². The lowest BCUT2D eigenvalue weighted by Crippen LogP contribution is -2.55. The van der Waals surface area contributed by atoms with Crippen molar-refractivity contribution in [3.63, 3.8) is 0 Å². The van der Waals surface area contributed by atoms with Crippen LogP contribution in [0.3, 0.4) is 0 Å². The van der Waals surface area contributed by atoms with E-state index in [0.29, 0.717) is 18.9 Å². The van der Waals surface area contributed by atoms with Gasteiger partial charge < -0.3 is 16.0 Å². The quantitative estimate of drug-likeness (QED) is 0.691. The molecule has 3 N–H and O–H groups in total. The van der Waals surface area contributed by atoms with Crippen LogP contribution in [0.2, 0.25) is 0 Å². The van der Waals surface area contributed by atoms with Crippen LogP contribution >= 0.6 is 0 Å². The number of carbonyl (C=O) groups is 2. The molecule has 5 atom stereocenters. The van der Waals surface area contributed by atoms with Crippen LogP contribution in [0.15, 0.2) is 12.1 Å². The molecule has 164 valence electrons.